The summed E-state index contributed by atoms with van der Waals surface area (Å²) in [5.74, 6) is 3.21. The SMILES string of the molecule is COc1cc(OC)cc(Oc2nc(C)nc(N)c2C)c1. The van der Waals surface area contributed by atoms with Crippen LogP contribution in [0.2, 0.25) is 0 Å². The molecular formula is C14H17N3O3. The largest absolute Gasteiger partial charge is 0.496 e. The number of benzene rings is 1. The second kappa shape index (κ2) is 5.64. The van der Waals surface area contributed by atoms with Crippen LogP contribution in [0.3, 0.4) is 0 Å². The van der Waals surface area contributed by atoms with Crippen LogP contribution in [0, 0.1) is 13.8 Å². The van der Waals surface area contributed by atoms with Gasteiger partial charge in [0.05, 0.1) is 19.8 Å². The van der Waals surface area contributed by atoms with Gasteiger partial charge < -0.3 is 19.9 Å². The fraction of sp³-hybridized carbons (Fsp3) is 0.286. The molecule has 0 radical (unpaired) electrons. The van der Waals surface area contributed by atoms with Gasteiger partial charge in [-0.05, 0) is 13.8 Å². The van der Waals surface area contributed by atoms with Gasteiger partial charge in [0.15, 0.2) is 0 Å². The quantitative estimate of drug-likeness (QED) is 0.923. The third-order valence-corrected chi connectivity index (χ3v) is 2.79. The summed E-state index contributed by atoms with van der Waals surface area (Å²) in [6.07, 6.45) is 0. The van der Waals surface area contributed by atoms with Crippen molar-refractivity contribution in [1.29, 1.82) is 0 Å². The Kier molecular flexibility index (Phi) is 3.93. The van der Waals surface area contributed by atoms with Crippen LogP contribution in [0.5, 0.6) is 23.1 Å². The summed E-state index contributed by atoms with van der Waals surface area (Å²) in [7, 11) is 3.16. The number of hydrogen-bond donors (Lipinski definition) is 1. The molecule has 0 aliphatic carbocycles. The monoisotopic (exact) mass is 275 g/mol. The van der Waals surface area contributed by atoms with Crippen LogP contribution in [0.4, 0.5) is 5.82 Å². The molecule has 0 saturated carbocycles. The second-order valence-corrected chi connectivity index (χ2v) is 4.24. The van der Waals surface area contributed by atoms with E-state index in [0.717, 1.165) is 0 Å². The van der Waals surface area contributed by atoms with E-state index >= 15 is 0 Å². The lowest BCUT2D eigenvalue weighted by Gasteiger charge is -2.12. The highest BCUT2D eigenvalue weighted by Crippen LogP contribution is 2.32. The van der Waals surface area contributed by atoms with Crippen LogP contribution in [-0.4, -0.2) is 24.2 Å². The van der Waals surface area contributed by atoms with E-state index in [1.807, 2.05) is 6.92 Å². The second-order valence-electron chi connectivity index (χ2n) is 4.24. The molecule has 0 atom stereocenters. The molecule has 0 aliphatic heterocycles. The highest BCUT2D eigenvalue weighted by atomic mass is 16.5. The average Bonchev–Trinajstić information content (AvgIpc) is 2.43. The van der Waals surface area contributed by atoms with Gasteiger partial charge in [-0.2, -0.15) is 4.98 Å². The summed E-state index contributed by atoms with van der Waals surface area (Å²) < 4.78 is 16.2. The molecule has 0 aliphatic rings. The van der Waals surface area contributed by atoms with Crippen molar-refractivity contribution in [3.63, 3.8) is 0 Å². The number of nitrogen functional groups attached to an aromatic ring is 1. The zero-order valence-corrected chi connectivity index (χ0v) is 11.9. The van der Waals surface area contributed by atoms with Crippen molar-refractivity contribution in [1.82, 2.24) is 9.97 Å². The van der Waals surface area contributed by atoms with E-state index in [0.29, 0.717) is 40.3 Å². The number of aromatic nitrogens is 2. The molecule has 0 amide bonds. The maximum absolute atomic E-state index is 5.81. The molecule has 2 aromatic rings. The first kappa shape index (κ1) is 13.9. The Morgan fingerprint density at radius 3 is 2.00 bits per heavy atom. The number of ether oxygens (including phenoxy) is 3. The predicted octanol–water partition coefficient (Wildman–Crippen LogP) is 2.49. The van der Waals surface area contributed by atoms with Gasteiger partial charge in [-0.3, -0.25) is 0 Å². The molecule has 6 nitrogen and oxygen atoms in total. The number of hydrogen-bond acceptors (Lipinski definition) is 6. The first-order chi connectivity index (χ1) is 9.53. The van der Waals surface area contributed by atoms with Crippen molar-refractivity contribution in [3.8, 4) is 23.1 Å². The van der Waals surface area contributed by atoms with Gasteiger partial charge in [0, 0.05) is 18.2 Å². The van der Waals surface area contributed by atoms with Crippen LogP contribution in [0.25, 0.3) is 0 Å². The van der Waals surface area contributed by atoms with Gasteiger partial charge in [0.25, 0.3) is 0 Å². The number of nitrogens with zero attached hydrogens (tertiary/aromatic N) is 2. The summed E-state index contributed by atoms with van der Waals surface area (Å²) in [5.41, 5.74) is 6.50. The Morgan fingerprint density at radius 2 is 1.45 bits per heavy atom. The van der Waals surface area contributed by atoms with Gasteiger partial charge >= 0.3 is 0 Å². The maximum atomic E-state index is 5.81. The van der Waals surface area contributed by atoms with Gasteiger partial charge in [-0.15, -0.1) is 0 Å². The van der Waals surface area contributed by atoms with Crippen LogP contribution < -0.4 is 19.9 Å². The molecule has 0 unspecified atom stereocenters. The Balaban J connectivity index is 2.39. The molecule has 0 fully saturated rings. The van der Waals surface area contributed by atoms with Crippen LogP contribution in [0.1, 0.15) is 11.4 Å². The standard InChI is InChI=1S/C14H17N3O3/c1-8-13(15)16-9(2)17-14(8)20-12-6-10(18-3)5-11(7-12)19-4/h5-7H,1-4H3,(H2,15,16,17). The van der Waals surface area contributed by atoms with Gasteiger partial charge in [0.1, 0.15) is 28.9 Å². The minimum Gasteiger partial charge on any atom is -0.496 e. The average molecular weight is 275 g/mol. The summed E-state index contributed by atoms with van der Waals surface area (Å²) >= 11 is 0. The van der Waals surface area contributed by atoms with E-state index in [9.17, 15) is 0 Å². The van der Waals surface area contributed by atoms with Crippen molar-refractivity contribution in [2.75, 3.05) is 20.0 Å². The first-order valence-electron chi connectivity index (χ1n) is 6.05. The molecule has 20 heavy (non-hydrogen) atoms. The first-order valence-corrected chi connectivity index (χ1v) is 6.05. The fourth-order valence-electron chi connectivity index (χ4n) is 1.67. The molecule has 1 heterocycles. The molecular weight excluding hydrogens is 258 g/mol. The van der Waals surface area contributed by atoms with Crippen molar-refractivity contribution in [2.24, 2.45) is 0 Å². The number of rotatable bonds is 4. The van der Waals surface area contributed by atoms with E-state index in [1.54, 1.807) is 39.3 Å². The summed E-state index contributed by atoms with van der Waals surface area (Å²) in [6.45, 7) is 3.57. The molecule has 106 valence electrons. The number of methoxy groups -OCH3 is 2. The topological polar surface area (TPSA) is 79.5 Å². The van der Waals surface area contributed by atoms with E-state index in [-0.39, 0.29) is 0 Å². The number of aryl methyl sites for hydroxylation is 1. The molecule has 1 aromatic carbocycles. The van der Waals surface area contributed by atoms with Gasteiger partial charge in [0.2, 0.25) is 5.88 Å². The summed E-state index contributed by atoms with van der Waals surface area (Å²) in [4.78, 5) is 8.33. The van der Waals surface area contributed by atoms with E-state index < -0.39 is 0 Å². The molecule has 1 aromatic heterocycles. The molecule has 2 rings (SSSR count). The smallest absolute Gasteiger partial charge is 0.227 e. The van der Waals surface area contributed by atoms with Crippen LogP contribution in [0.15, 0.2) is 18.2 Å². The number of anilines is 1. The lowest BCUT2D eigenvalue weighted by molar-refractivity contribution is 0.384. The van der Waals surface area contributed by atoms with E-state index in [2.05, 4.69) is 9.97 Å². The predicted molar refractivity (Wildman–Crippen MR) is 75.5 cm³/mol. The van der Waals surface area contributed by atoms with Crippen LogP contribution in [-0.2, 0) is 0 Å². The molecule has 6 heteroatoms. The molecule has 0 bridgehead atoms. The Labute approximate surface area is 117 Å². The summed E-state index contributed by atoms with van der Waals surface area (Å²) in [6, 6.07) is 5.25. The van der Waals surface area contributed by atoms with Crippen molar-refractivity contribution >= 4 is 5.82 Å². The van der Waals surface area contributed by atoms with Gasteiger partial charge in [-0.1, -0.05) is 0 Å². The third kappa shape index (κ3) is 2.90. The van der Waals surface area contributed by atoms with Crippen molar-refractivity contribution in [3.05, 3.63) is 29.6 Å². The van der Waals surface area contributed by atoms with E-state index in [1.165, 1.54) is 0 Å². The highest BCUT2D eigenvalue weighted by Gasteiger charge is 2.11. The highest BCUT2D eigenvalue weighted by molar-refractivity contribution is 5.48. The Hall–Kier alpha value is -2.50. The Bertz CT molecular complexity index is 607. The lowest BCUT2D eigenvalue weighted by Crippen LogP contribution is -2.02. The zero-order chi connectivity index (χ0) is 14.7. The molecule has 0 spiro atoms. The summed E-state index contributed by atoms with van der Waals surface area (Å²) in [5, 5.41) is 0. The normalized spacial score (nSPS) is 10.2. The van der Waals surface area contributed by atoms with Crippen molar-refractivity contribution in [2.45, 2.75) is 13.8 Å². The maximum Gasteiger partial charge on any atom is 0.227 e. The molecule has 0 saturated heterocycles. The minimum absolute atomic E-state index is 0.405. The van der Waals surface area contributed by atoms with Crippen LogP contribution >= 0.6 is 0 Å². The van der Waals surface area contributed by atoms with Gasteiger partial charge in [-0.25, -0.2) is 4.98 Å². The number of nitrogens with two attached hydrogens (primary N) is 1. The molecule has 2 N–H and O–H groups in total. The zero-order valence-electron chi connectivity index (χ0n) is 11.9. The third-order valence-electron chi connectivity index (χ3n) is 2.79. The van der Waals surface area contributed by atoms with Crippen molar-refractivity contribution < 1.29 is 14.2 Å². The minimum atomic E-state index is 0.405. The van der Waals surface area contributed by atoms with E-state index in [4.69, 9.17) is 19.9 Å². The lowest BCUT2D eigenvalue weighted by atomic mass is 10.3. The Morgan fingerprint density at radius 1 is 0.900 bits per heavy atom. The fourth-order valence-corrected chi connectivity index (χ4v) is 1.67.